The molecule has 0 aliphatic rings. The van der Waals surface area contributed by atoms with E-state index in [4.69, 9.17) is 0 Å². The molecule has 68 valence electrons. The van der Waals surface area contributed by atoms with Crippen molar-refractivity contribution < 1.29 is 5.11 Å². The van der Waals surface area contributed by atoms with Crippen molar-refractivity contribution in [3.05, 3.63) is 24.3 Å². The van der Waals surface area contributed by atoms with Crippen molar-refractivity contribution in [3.8, 4) is 0 Å². The van der Waals surface area contributed by atoms with Gasteiger partial charge in [-0.1, -0.05) is 17.3 Å². The Labute approximate surface area is 75.8 Å². The number of hydrogen-bond acceptors (Lipinski definition) is 3. The van der Waals surface area contributed by atoms with Gasteiger partial charge in [0.05, 0.1) is 18.2 Å². The third-order valence-corrected chi connectivity index (χ3v) is 1.86. The largest absolute Gasteiger partial charge is 0.391 e. The molecule has 13 heavy (non-hydrogen) atoms. The quantitative estimate of drug-likeness (QED) is 0.738. The lowest BCUT2D eigenvalue weighted by Gasteiger charge is -2.03. The zero-order valence-corrected chi connectivity index (χ0v) is 7.38. The zero-order valence-electron chi connectivity index (χ0n) is 7.38. The molecule has 4 heteroatoms. The van der Waals surface area contributed by atoms with Gasteiger partial charge >= 0.3 is 0 Å². The monoisotopic (exact) mass is 177 g/mol. The number of para-hydroxylation sites is 1. The standard InChI is InChI=1S/C9H11N3O/c1-7(13)6-12-9-5-3-2-4-8(9)10-11-12/h2-5,7,13H,6H2,1H3. The molecular weight excluding hydrogens is 166 g/mol. The molecule has 0 spiro atoms. The van der Waals surface area contributed by atoms with Gasteiger partial charge in [-0.2, -0.15) is 0 Å². The first-order valence-corrected chi connectivity index (χ1v) is 4.23. The Bertz CT molecular complexity index is 408. The Morgan fingerprint density at radius 2 is 2.23 bits per heavy atom. The summed E-state index contributed by atoms with van der Waals surface area (Å²) >= 11 is 0. The Balaban J connectivity index is 2.46. The molecule has 0 fully saturated rings. The molecule has 0 radical (unpaired) electrons. The van der Waals surface area contributed by atoms with Gasteiger partial charge in [-0.05, 0) is 19.1 Å². The molecule has 2 rings (SSSR count). The molecule has 0 bridgehead atoms. The predicted molar refractivity (Wildman–Crippen MR) is 49.2 cm³/mol. The zero-order chi connectivity index (χ0) is 9.26. The highest BCUT2D eigenvalue weighted by Crippen LogP contribution is 2.09. The summed E-state index contributed by atoms with van der Waals surface area (Å²) in [7, 11) is 0. The van der Waals surface area contributed by atoms with E-state index in [1.165, 1.54) is 0 Å². The fourth-order valence-electron chi connectivity index (χ4n) is 1.30. The number of nitrogens with zero attached hydrogens (tertiary/aromatic N) is 3. The van der Waals surface area contributed by atoms with Crippen LogP contribution in [0, 0.1) is 0 Å². The second kappa shape index (κ2) is 3.14. The van der Waals surface area contributed by atoms with E-state index in [9.17, 15) is 5.11 Å². The molecule has 1 heterocycles. The van der Waals surface area contributed by atoms with E-state index in [0.29, 0.717) is 6.54 Å². The van der Waals surface area contributed by atoms with Crippen LogP contribution < -0.4 is 0 Å². The first-order valence-electron chi connectivity index (χ1n) is 4.23. The van der Waals surface area contributed by atoms with E-state index in [1.54, 1.807) is 11.6 Å². The first-order chi connectivity index (χ1) is 6.27. The number of rotatable bonds is 2. The Kier molecular flexibility index (Phi) is 1.98. The van der Waals surface area contributed by atoms with Crippen molar-refractivity contribution in [2.75, 3.05) is 0 Å². The fourth-order valence-corrected chi connectivity index (χ4v) is 1.30. The normalized spacial score (nSPS) is 13.4. The van der Waals surface area contributed by atoms with Crippen LogP contribution in [-0.2, 0) is 6.54 Å². The average molecular weight is 177 g/mol. The van der Waals surface area contributed by atoms with Gasteiger partial charge in [-0.15, -0.1) is 5.10 Å². The average Bonchev–Trinajstić information content (AvgIpc) is 2.48. The maximum absolute atomic E-state index is 9.20. The molecule has 1 aromatic carbocycles. The molecule has 0 saturated heterocycles. The molecule has 1 aromatic heterocycles. The van der Waals surface area contributed by atoms with Gasteiger partial charge in [0.25, 0.3) is 0 Å². The van der Waals surface area contributed by atoms with Crippen LogP contribution in [-0.4, -0.2) is 26.2 Å². The van der Waals surface area contributed by atoms with Crippen LogP contribution in [0.3, 0.4) is 0 Å². The smallest absolute Gasteiger partial charge is 0.113 e. The van der Waals surface area contributed by atoms with Crippen LogP contribution >= 0.6 is 0 Å². The lowest BCUT2D eigenvalue weighted by molar-refractivity contribution is 0.169. The fraction of sp³-hybridized carbons (Fsp3) is 0.333. The minimum atomic E-state index is -0.398. The molecule has 2 aromatic rings. The lowest BCUT2D eigenvalue weighted by Crippen LogP contribution is -2.12. The van der Waals surface area contributed by atoms with E-state index < -0.39 is 6.10 Å². The molecular formula is C9H11N3O. The van der Waals surface area contributed by atoms with Crippen LogP contribution in [0.4, 0.5) is 0 Å². The van der Waals surface area contributed by atoms with Crippen LogP contribution in [0.15, 0.2) is 24.3 Å². The van der Waals surface area contributed by atoms with Crippen molar-refractivity contribution >= 4 is 11.0 Å². The van der Waals surface area contributed by atoms with E-state index in [0.717, 1.165) is 11.0 Å². The van der Waals surface area contributed by atoms with Crippen LogP contribution in [0.1, 0.15) is 6.92 Å². The summed E-state index contributed by atoms with van der Waals surface area (Å²) in [6.07, 6.45) is -0.398. The minimum absolute atomic E-state index is 0.398. The number of fused-ring (bicyclic) bond motifs is 1. The molecule has 1 atom stereocenters. The summed E-state index contributed by atoms with van der Waals surface area (Å²) < 4.78 is 1.71. The highest BCUT2D eigenvalue weighted by molar-refractivity contribution is 5.73. The lowest BCUT2D eigenvalue weighted by atomic mass is 10.3. The highest BCUT2D eigenvalue weighted by Gasteiger charge is 2.04. The first kappa shape index (κ1) is 8.19. The second-order valence-corrected chi connectivity index (χ2v) is 3.11. The van der Waals surface area contributed by atoms with Gasteiger partial charge < -0.3 is 5.11 Å². The number of hydrogen-bond donors (Lipinski definition) is 1. The van der Waals surface area contributed by atoms with Crippen molar-refractivity contribution in [2.24, 2.45) is 0 Å². The maximum atomic E-state index is 9.20. The van der Waals surface area contributed by atoms with Crippen molar-refractivity contribution in [2.45, 2.75) is 19.6 Å². The molecule has 1 N–H and O–H groups in total. The molecule has 0 amide bonds. The molecule has 0 saturated carbocycles. The third-order valence-electron chi connectivity index (χ3n) is 1.86. The van der Waals surface area contributed by atoms with Gasteiger partial charge in [-0.25, -0.2) is 4.68 Å². The van der Waals surface area contributed by atoms with Crippen LogP contribution in [0.5, 0.6) is 0 Å². The topological polar surface area (TPSA) is 50.9 Å². The Morgan fingerprint density at radius 3 is 3.00 bits per heavy atom. The summed E-state index contributed by atoms with van der Waals surface area (Å²) in [5.41, 5.74) is 1.83. The van der Waals surface area contributed by atoms with Gasteiger partial charge in [0.15, 0.2) is 0 Å². The molecule has 0 aliphatic heterocycles. The number of aliphatic hydroxyl groups is 1. The van der Waals surface area contributed by atoms with Gasteiger partial charge in [-0.3, -0.25) is 0 Å². The van der Waals surface area contributed by atoms with Crippen molar-refractivity contribution in [3.63, 3.8) is 0 Å². The van der Waals surface area contributed by atoms with Gasteiger partial charge in [0.2, 0.25) is 0 Å². The maximum Gasteiger partial charge on any atom is 0.113 e. The number of aliphatic hydroxyl groups excluding tert-OH is 1. The summed E-state index contributed by atoms with van der Waals surface area (Å²) in [6, 6.07) is 7.70. The summed E-state index contributed by atoms with van der Waals surface area (Å²) in [5, 5.41) is 17.1. The Morgan fingerprint density at radius 1 is 1.46 bits per heavy atom. The minimum Gasteiger partial charge on any atom is -0.391 e. The van der Waals surface area contributed by atoms with Crippen molar-refractivity contribution in [1.82, 2.24) is 15.0 Å². The summed E-state index contributed by atoms with van der Waals surface area (Å²) in [4.78, 5) is 0. The second-order valence-electron chi connectivity index (χ2n) is 3.11. The Hall–Kier alpha value is -1.42. The summed E-state index contributed by atoms with van der Waals surface area (Å²) in [5.74, 6) is 0. The van der Waals surface area contributed by atoms with Crippen LogP contribution in [0.25, 0.3) is 11.0 Å². The van der Waals surface area contributed by atoms with Crippen molar-refractivity contribution in [1.29, 1.82) is 0 Å². The summed E-state index contributed by atoms with van der Waals surface area (Å²) in [6.45, 7) is 2.22. The molecule has 0 aliphatic carbocycles. The molecule has 4 nitrogen and oxygen atoms in total. The SMILES string of the molecule is CC(O)Cn1nnc2ccccc21. The van der Waals surface area contributed by atoms with Gasteiger partial charge in [0.1, 0.15) is 5.52 Å². The third kappa shape index (κ3) is 1.53. The van der Waals surface area contributed by atoms with E-state index in [-0.39, 0.29) is 0 Å². The number of aromatic nitrogens is 3. The van der Waals surface area contributed by atoms with E-state index >= 15 is 0 Å². The van der Waals surface area contributed by atoms with E-state index in [2.05, 4.69) is 10.3 Å². The predicted octanol–water partition coefficient (Wildman–Crippen LogP) is 0.812. The highest BCUT2D eigenvalue weighted by atomic mass is 16.3. The molecule has 1 unspecified atom stereocenters. The van der Waals surface area contributed by atoms with Gasteiger partial charge in [0, 0.05) is 0 Å². The van der Waals surface area contributed by atoms with Crippen LogP contribution in [0.2, 0.25) is 0 Å². The van der Waals surface area contributed by atoms with E-state index in [1.807, 2.05) is 24.3 Å². The number of benzene rings is 1.